The number of hydrogen-bond acceptors (Lipinski definition) is 6. The van der Waals surface area contributed by atoms with Gasteiger partial charge in [-0.25, -0.2) is 9.97 Å². The van der Waals surface area contributed by atoms with Crippen molar-refractivity contribution in [1.29, 1.82) is 0 Å². The molecule has 0 saturated carbocycles. The molecule has 0 amide bonds. The SMILES string of the molecule is CC(C)(C)OC(=O)C1(C)CCN(c2cc(Nc3ccccc3)ncn2)C1. The highest BCUT2D eigenvalue weighted by atomic mass is 16.6. The zero-order valence-electron chi connectivity index (χ0n) is 15.8. The Morgan fingerprint density at radius 3 is 2.65 bits per heavy atom. The second kappa shape index (κ2) is 6.94. The molecule has 6 nitrogen and oxygen atoms in total. The lowest BCUT2D eigenvalue weighted by atomic mass is 9.90. The van der Waals surface area contributed by atoms with Gasteiger partial charge in [-0.15, -0.1) is 0 Å². The van der Waals surface area contributed by atoms with E-state index in [1.165, 1.54) is 0 Å². The number of nitrogens with zero attached hydrogens (tertiary/aromatic N) is 3. The van der Waals surface area contributed by atoms with Crippen molar-refractivity contribution in [1.82, 2.24) is 9.97 Å². The van der Waals surface area contributed by atoms with E-state index in [9.17, 15) is 4.79 Å². The van der Waals surface area contributed by atoms with E-state index in [0.29, 0.717) is 6.54 Å². The Bertz CT molecular complexity index is 773. The van der Waals surface area contributed by atoms with Gasteiger partial charge in [0.1, 0.15) is 23.6 Å². The van der Waals surface area contributed by atoms with Crippen molar-refractivity contribution in [2.75, 3.05) is 23.3 Å². The zero-order chi connectivity index (χ0) is 18.8. The molecule has 6 heteroatoms. The second-order valence-corrected chi connectivity index (χ2v) is 7.99. The van der Waals surface area contributed by atoms with Crippen LogP contribution in [-0.2, 0) is 9.53 Å². The van der Waals surface area contributed by atoms with E-state index < -0.39 is 11.0 Å². The van der Waals surface area contributed by atoms with E-state index >= 15 is 0 Å². The number of rotatable bonds is 4. The van der Waals surface area contributed by atoms with Gasteiger partial charge in [-0.3, -0.25) is 4.79 Å². The van der Waals surface area contributed by atoms with Crippen LogP contribution in [0.2, 0.25) is 0 Å². The van der Waals surface area contributed by atoms with Gasteiger partial charge >= 0.3 is 5.97 Å². The van der Waals surface area contributed by atoms with Crippen molar-refractivity contribution in [3.63, 3.8) is 0 Å². The molecule has 2 heterocycles. The maximum absolute atomic E-state index is 12.6. The number of para-hydroxylation sites is 1. The number of esters is 1. The summed E-state index contributed by atoms with van der Waals surface area (Å²) in [7, 11) is 0. The summed E-state index contributed by atoms with van der Waals surface area (Å²) >= 11 is 0. The molecule has 0 spiro atoms. The molecule has 1 saturated heterocycles. The van der Waals surface area contributed by atoms with Gasteiger partial charge in [0.25, 0.3) is 0 Å². The minimum Gasteiger partial charge on any atom is -0.459 e. The second-order valence-electron chi connectivity index (χ2n) is 7.99. The van der Waals surface area contributed by atoms with Crippen molar-refractivity contribution < 1.29 is 9.53 Å². The van der Waals surface area contributed by atoms with Crippen LogP contribution in [-0.4, -0.2) is 34.6 Å². The molecule has 3 rings (SSSR count). The molecule has 1 aromatic carbocycles. The van der Waals surface area contributed by atoms with Crippen LogP contribution in [0.5, 0.6) is 0 Å². The normalized spacial score (nSPS) is 20.1. The average Bonchev–Trinajstić information content (AvgIpc) is 2.99. The van der Waals surface area contributed by atoms with Crippen LogP contribution < -0.4 is 10.2 Å². The number of hydrogen-bond donors (Lipinski definition) is 1. The molecule has 1 unspecified atom stereocenters. The van der Waals surface area contributed by atoms with Crippen molar-refractivity contribution in [3.05, 3.63) is 42.7 Å². The van der Waals surface area contributed by atoms with Gasteiger partial charge in [-0.1, -0.05) is 18.2 Å². The Morgan fingerprint density at radius 1 is 1.23 bits per heavy atom. The van der Waals surface area contributed by atoms with Crippen LogP contribution in [0, 0.1) is 5.41 Å². The number of carbonyl (C=O) groups is 1. The number of aromatic nitrogens is 2. The summed E-state index contributed by atoms with van der Waals surface area (Å²) in [6, 6.07) is 11.8. The van der Waals surface area contributed by atoms with E-state index in [0.717, 1.165) is 30.3 Å². The van der Waals surface area contributed by atoms with Gasteiger partial charge in [0.05, 0.1) is 5.41 Å². The first-order valence-electron chi connectivity index (χ1n) is 8.88. The molecule has 1 aliphatic rings. The third-order valence-electron chi connectivity index (χ3n) is 4.39. The Hall–Kier alpha value is -2.63. The maximum atomic E-state index is 12.6. The Morgan fingerprint density at radius 2 is 1.96 bits per heavy atom. The van der Waals surface area contributed by atoms with Crippen LogP contribution in [0.15, 0.2) is 42.7 Å². The lowest BCUT2D eigenvalue weighted by Crippen LogP contribution is -2.38. The molecule has 138 valence electrons. The fourth-order valence-electron chi connectivity index (χ4n) is 2.98. The first-order chi connectivity index (χ1) is 12.3. The summed E-state index contributed by atoms with van der Waals surface area (Å²) < 4.78 is 5.60. The summed E-state index contributed by atoms with van der Waals surface area (Å²) in [4.78, 5) is 23.4. The third kappa shape index (κ3) is 4.31. The van der Waals surface area contributed by atoms with Gasteiger partial charge in [0.2, 0.25) is 0 Å². The molecule has 1 aromatic heterocycles. The highest BCUT2D eigenvalue weighted by Gasteiger charge is 2.43. The van der Waals surface area contributed by atoms with Gasteiger partial charge < -0.3 is 15.0 Å². The van der Waals surface area contributed by atoms with Crippen LogP contribution in [0.4, 0.5) is 17.3 Å². The predicted molar refractivity (Wildman–Crippen MR) is 103 cm³/mol. The zero-order valence-corrected chi connectivity index (χ0v) is 15.8. The fourth-order valence-corrected chi connectivity index (χ4v) is 2.98. The van der Waals surface area contributed by atoms with E-state index in [2.05, 4.69) is 20.2 Å². The van der Waals surface area contributed by atoms with Gasteiger partial charge in [-0.2, -0.15) is 0 Å². The van der Waals surface area contributed by atoms with Gasteiger partial charge in [-0.05, 0) is 46.2 Å². The average molecular weight is 354 g/mol. The molecule has 0 radical (unpaired) electrons. The third-order valence-corrected chi connectivity index (χ3v) is 4.39. The van der Waals surface area contributed by atoms with Crippen molar-refractivity contribution in [2.24, 2.45) is 5.41 Å². The van der Waals surface area contributed by atoms with E-state index in [1.54, 1.807) is 6.33 Å². The largest absolute Gasteiger partial charge is 0.459 e. The van der Waals surface area contributed by atoms with Crippen LogP contribution >= 0.6 is 0 Å². The number of nitrogens with one attached hydrogen (secondary N) is 1. The summed E-state index contributed by atoms with van der Waals surface area (Å²) in [5.74, 6) is 1.39. The predicted octanol–water partition coefficient (Wildman–Crippen LogP) is 3.78. The molecular formula is C20H26N4O2. The molecule has 0 aliphatic carbocycles. The summed E-state index contributed by atoms with van der Waals surface area (Å²) in [6.45, 7) is 9.00. The number of anilines is 3. The molecule has 2 aromatic rings. The smallest absolute Gasteiger partial charge is 0.314 e. The molecule has 1 fully saturated rings. The van der Waals surface area contributed by atoms with Crippen molar-refractivity contribution in [3.8, 4) is 0 Å². The molecule has 26 heavy (non-hydrogen) atoms. The number of ether oxygens (including phenoxy) is 1. The van der Waals surface area contributed by atoms with Crippen LogP contribution in [0.3, 0.4) is 0 Å². The Labute approximate surface area is 154 Å². The van der Waals surface area contributed by atoms with Crippen molar-refractivity contribution >= 4 is 23.3 Å². The van der Waals surface area contributed by atoms with E-state index in [-0.39, 0.29) is 5.97 Å². The summed E-state index contributed by atoms with van der Waals surface area (Å²) in [6.07, 6.45) is 2.29. The Balaban J connectivity index is 1.71. The highest BCUT2D eigenvalue weighted by Crippen LogP contribution is 2.35. The standard InChI is InChI=1S/C20H26N4O2/c1-19(2,3)26-18(25)20(4)10-11-24(13-20)17-12-16(21-14-22-17)23-15-8-6-5-7-9-15/h5-9,12,14H,10-11,13H2,1-4H3,(H,21,22,23). The van der Waals surface area contributed by atoms with Crippen molar-refractivity contribution in [2.45, 2.75) is 39.7 Å². The maximum Gasteiger partial charge on any atom is 0.314 e. The lowest BCUT2D eigenvalue weighted by Gasteiger charge is -2.28. The summed E-state index contributed by atoms with van der Waals surface area (Å²) in [5, 5.41) is 3.27. The minimum atomic E-state index is -0.523. The monoisotopic (exact) mass is 354 g/mol. The lowest BCUT2D eigenvalue weighted by molar-refractivity contribution is -0.165. The molecule has 1 atom stereocenters. The van der Waals surface area contributed by atoms with Crippen LogP contribution in [0.25, 0.3) is 0 Å². The van der Waals surface area contributed by atoms with Gasteiger partial charge in [0.15, 0.2) is 0 Å². The van der Waals surface area contributed by atoms with Gasteiger partial charge in [0, 0.05) is 24.8 Å². The first-order valence-corrected chi connectivity index (χ1v) is 8.88. The molecule has 0 bridgehead atoms. The highest BCUT2D eigenvalue weighted by molar-refractivity contribution is 5.78. The number of benzene rings is 1. The topological polar surface area (TPSA) is 67.3 Å². The van der Waals surface area contributed by atoms with E-state index in [1.807, 2.05) is 64.1 Å². The van der Waals surface area contributed by atoms with Crippen LogP contribution in [0.1, 0.15) is 34.1 Å². The van der Waals surface area contributed by atoms with E-state index in [4.69, 9.17) is 4.74 Å². The first kappa shape index (κ1) is 18.2. The molecular weight excluding hydrogens is 328 g/mol. The molecule has 1 N–H and O–H groups in total. The quantitative estimate of drug-likeness (QED) is 0.843. The minimum absolute atomic E-state index is 0.149. The Kier molecular flexibility index (Phi) is 4.85. The molecule has 1 aliphatic heterocycles. The number of carbonyl (C=O) groups excluding carboxylic acids is 1. The summed E-state index contributed by atoms with van der Waals surface area (Å²) in [5.41, 5.74) is -0.0300. The fraction of sp³-hybridized carbons (Fsp3) is 0.450.